The van der Waals surface area contributed by atoms with Crippen LogP contribution in [0.15, 0.2) is 22.5 Å². The Morgan fingerprint density at radius 2 is 2.14 bits per heavy atom. The summed E-state index contributed by atoms with van der Waals surface area (Å²) >= 11 is 3.52. The van der Waals surface area contributed by atoms with Crippen molar-refractivity contribution in [1.82, 2.24) is 15.6 Å². The number of hydrogen-bond donors (Lipinski definition) is 2. The van der Waals surface area contributed by atoms with Crippen molar-refractivity contribution in [2.75, 3.05) is 20.1 Å². The molecule has 2 aromatic rings. The number of thiazole rings is 1. The molecular weight excluding hydrogens is 312 g/mol. The average Bonchev–Trinajstić information content (AvgIpc) is 3.11. The van der Waals surface area contributed by atoms with Crippen LogP contribution in [0.2, 0.25) is 0 Å². The summed E-state index contributed by atoms with van der Waals surface area (Å²) in [6, 6.07) is 4.36. The summed E-state index contributed by atoms with van der Waals surface area (Å²) in [4.78, 5) is 11.4. The molecule has 0 amide bonds. The zero-order valence-electron chi connectivity index (χ0n) is 13.6. The first kappa shape index (κ1) is 17.0. The molecular formula is C16H24N4S2. The van der Waals surface area contributed by atoms with E-state index in [1.54, 1.807) is 11.3 Å². The maximum absolute atomic E-state index is 4.54. The van der Waals surface area contributed by atoms with Gasteiger partial charge in [0.2, 0.25) is 0 Å². The van der Waals surface area contributed by atoms with Crippen molar-refractivity contribution < 1.29 is 0 Å². The summed E-state index contributed by atoms with van der Waals surface area (Å²) in [5, 5.41) is 9.92. The molecule has 0 aromatic carbocycles. The van der Waals surface area contributed by atoms with Crippen LogP contribution in [0.3, 0.4) is 0 Å². The number of thiophene rings is 1. The predicted octanol–water partition coefficient (Wildman–Crippen LogP) is 3.54. The second-order valence-electron chi connectivity index (χ2n) is 5.54. The third kappa shape index (κ3) is 5.10. The molecule has 0 atom stereocenters. The largest absolute Gasteiger partial charge is 0.356 e. The van der Waals surface area contributed by atoms with Crippen molar-refractivity contribution in [2.24, 2.45) is 10.9 Å². The number of aryl methyl sites for hydroxylation is 1. The van der Waals surface area contributed by atoms with E-state index in [0.29, 0.717) is 5.92 Å². The monoisotopic (exact) mass is 336 g/mol. The Balaban J connectivity index is 1.81. The lowest BCUT2D eigenvalue weighted by Crippen LogP contribution is -2.39. The van der Waals surface area contributed by atoms with Crippen molar-refractivity contribution >= 4 is 28.6 Å². The van der Waals surface area contributed by atoms with Crippen LogP contribution in [0.4, 0.5) is 0 Å². The van der Waals surface area contributed by atoms with Gasteiger partial charge in [-0.1, -0.05) is 13.8 Å². The van der Waals surface area contributed by atoms with Crippen molar-refractivity contribution in [3.8, 4) is 10.6 Å². The third-order valence-corrected chi connectivity index (χ3v) is 5.04. The number of nitrogens with one attached hydrogen (secondary N) is 2. The Morgan fingerprint density at radius 3 is 2.77 bits per heavy atom. The third-order valence-electron chi connectivity index (χ3n) is 3.10. The van der Waals surface area contributed by atoms with Crippen molar-refractivity contribution in [3.63, 3.8) is 0 Å². The van der Waals surface area contributed by atoms with E-state index in [1.807, 2.05) is 25.3 Å². The van der Waals surface area contributed by atoms with Gasteiger partial charge in [-0.25, -0.2) is 4.98 Å². The average molecular weight is 337 g/mol. The van der Waals surface area contributed by atoms with E-state index in [0.717, 1.165) is 36.2 Å². The molecule has 2 heterocycles. The van der Waals surface area contributed by atoms with E-state index in [4.69, 9.17) is 0 Å². The quantitative estimate of drug-likeness (QED) is 0.626. The minimum atomic E-state index is 0.611. The molecule has 0 spiro atoms. The van der Waals surface area contributed by atoms with Crippen LogP contribution in [-0.4, -0.2) is 31.1 Å². The molecule has 4 nitrogen and oxygen atoms in total. The molecule has 2 N–H and O–H groups in total. The van der Waals surface area contributed by atoms with E-state index >= 15 is 0 Å². The molecule has 6 heteroatoms. The zero-order valence-corrected chi connectivity index (χ0v) is 15.3. The van der Waals surface area contributed by atoms with Gasteiger partial charge in [0.05, 0.1) is 15.6 Å². The number of hydrogen-bond acceptors (Lipinski definition) is 4. The zero-order chi connectivity index (χ0) is 15.9. The van der Waals surface area contributed by atoms with Crippen LogP contribution >= 0.6 is 22.7 Å². The van der Waals surface area contributed by atoms with Gasteiger partial charge in [0.25, 0.3) is 0 Å². The van der Waals surface area contributed by atoms with Gasteiger partial charge >= 0.3 is 0 Å². The number of guanidine groups is 1. The first-order chi connectivity index (χ1) is 10.6. The van der Waals surface area contributed by atoms with Gasteiger partial charge in [-0.05, 0) is 31.4 Å². The molecule has 0 aliphatic heterocycles. The topological polar surface area (TPSA) is 49.3 Å². The molecule has 120 valence electrons. The van der Waals surface area contributed by atoms with Crippen molar-refractivity contribution in [2.45, 2.75) is 27.2 Å². The maximum Gasteiger partial charge on any atom is 0.190 e. The molecule has 0 bridgehead atoms. The van der Waals surface area contributed by atoms with Gasteiger partial charge in [0.15, 0.2) is 5.96 Å². The second kappa shape index (κ2) is 8.29. The number of aromatic nitrogens is 1. The van der Waals surface area contributed by atoms with Crippen LogP contribution in [0.1, 0.15) is 23.7 Å². The summed E-state index contributed by atoms with van der Waals surface area (Å²) in [5.74, 6) is 1.49. The maximum atomic E-state index is 4.54. The molecule has 22 heavy (non-hydrogen) atoms. The minimum Gasteiger partial charge on any atom is -0.356 e. The smallest absolute Gasteiger partial charge is 0.190 e. The lowest BCUT2D eigenvalue weighted by atomic mass is 10.2. The Kier molecular flexibility index (Phi) is 6.39. The molecule has 0 saturated carbocycles. The Hall–Kier alpha value is -1.40. The van der Waals surface area contributed by atoms with Gasteiger partial charge in [-0.2, -0.15) is 0 Å². The molecule has 0 saturated heterocycles. The molecule has 0 fully saturated rings. The number of aliphatic imine (C=N–C) groups is 1. The van der Waals surface area contributed by atoms with Crippen molar-refractivity contribution in [3.05, 3.63) is 27.4 Å². The number of rotatable bonds is 6. The van der Waals surface area contributed by atoms with Crippen molar-refractivity contribution in [1.29, 1.82) is 0 Å². The summed E-state index contributed by atoms with van der Waals surface area (Å²) < 4.78 is 0. The fourth-order valence-electron chi connectivity index (χ4n) is 1.95. The van der Waals surface area contributed by atoms with Gasteiger partial charge in [0.1, 0.15) is 0 Å². The molecule has 0 radical (unpaired) electrons. The highest BCUT2D eigenvalue weighted by Crippen LogP contribution is 2.29. The standard InChI is InChI=1S/C16H24N4S2/c1-11(2)9-19-16(17-4)18-8-7-13-5-6-15(22-13)14-10-21-12(3)20-14/h5-6,10-11H,7-9H2,1-4H3,(H2,17,18,19). The molecule has 0 aliphatic rings. The highest BCUT2D eigenvalue weighted by Gasteiger charge is 2.06. The Morgan fingerprint density at radius 1 is 1.32 bits per heavy atom. The van der Waals surface area contributed by atoms with Crippen LogP contribution < -0.4 is 10.6 Å². The fourth-order valence-corrected chi connectivity index (χ4v) is 3.61. The second-order valence-corrected chi connectivity index (χ2v) is 7.77. The van der Waals surface area contributed by atoms with Gasteiger partial charge in [-0.15, -0.1) is 22.7 Å². The van der Waals surface area contributed by atoms with Gasteiger partial charge in [-0.3, -0.25) is 4.99 Å². The summed E-state index contributed by atoms with van der Waals surface area (Å²) in [5.41, 5.74) is 1.10. The van der Waals surface area contributed by atoms with Crippen LogP contribution in [0.5, 0.6) is 0 Å². The minimum absolute atomic E-state index is 0.611. The summed E-state index contributed by atoms with van der Waals surface area (Å²) in [7, 11) is 1.81. The summed E-state index contributed by atoms with van der Waals surface area (Å²) in [6.07, 6.45) is 0.996. The van der Waals surface area contributed by atoms with E-state index in [2.05, 4.69) is 52.0 Å². The van der Waals surface area contributed by atoms with Gasteiger partial charge in [0, 0.05) is 30.4 Å². The highest BCUT2D eigenvalue weighted by molar-refractivity contribution is 7.16. The molecule has 0 aliphatic carbocycles. The lowest BCUT2D eigenvalue weighted by molar-refractivity contribution is 0.615. The predicted molar refractivity (Wildman–Crippen MR) is 98.1 cm³/mol. The highest BCUT2D eigenvalue weighted by atomic mass is 32.1. The lowest BCUT2D eigenvalue weighted by Gasteiger charge is -2.12. The SMILES string of the molecule is CN=C(NCCc1ccc(-c2csc(C)n2)s1)NCC(C)C. The molecule has 2 aromatic heterocycles. The van der Waals surface area contributed by atoms with E-state index in [1.165, 1.54) is 9.75 Å². The van der Waals surface area contributed by atoms with E-state index in [9.17, 15) is 0 Å². The summed E-state index contributed by atoms with van der Waals surface area (Å²) in [6.45, 7) is 8.24. The normalized spacial score (nSPS) is 12.0. The van der Waals surface area contributed by atoms with Gasteiger partial charge < -0.3 is 10.6 Å². The van der Waals surface area contributed by atoms with Crippen LogP contribution in [0, 0.1) is 12.8 Å². The Labute approximate surface area is 140 Å². The van der Waals surface area contributed by atoms with Crippen LogP contribution in [0.25, 0.3) is 10.6 Å². The first-order valence-electron chi connectivity index (χ1n) is 7.54. The Bertz CT molecular complexity index is 613. The first-order valence-corrected chi connectivity index (χ1v) is 9.24. The fraction of sp³-hybridized carbons (Fsp3) is 0.500. The molecule has 0 unspecified atom stereocenters. The van der Waals surface area contributed by atoms with Crippen LogP contribution in [-0.2, 0) is 6.42 Å². The number of nitrogens with zero attached hydrogens (tertiary/aromatic N) is 2. The van der Waals surface area contributed by atoms with E-state index in [-0.39, 0.29) is 0 Å². The molecule has 2 rings (SSSR count). The van der Waals surface area contributed by atoms with E-state index < -0.39 is 0 Å².